The van der Waals surface area contributed by atoms with E-state index < -0.39 is 6.10 Å². The Kier molecular flexibility index (Phi) is 23.2. The summed E-state index contributed by atoms with van der Waals surface area (Å²) in [7, 11) is 3.25. The second-order valence-electron chi connectivity index (χ2n) is 3.75. The Hall–Kier alpha value is -1.14. The van der Waals surface area contributed by atoms with Gasteiger partial charge in [-0.1, -0.05) is 13.3 Å². The average molecular weight is 280 g/mol. The number of aliphatic hydroxyl groups is 1. The van der Waals surface area contributed by atoms with Crippen LogP contribution in [0, 0.1) is 0 Å². The van der Waals surface area contributed by atoms with Gasteiger partial charge in [-0.25, -0.2) is 0 Å². The molecule has 0 aromatic carbocycles. The molecule has 116 valence electrons. The molecule has 0 saturated carbocycles. The second-order valence-corrected chi connectivity index (χ2v) is 3.75. The number of unbranched alkanes of at least 4 members (excludes halogenated alkanes) is 1. The van der Waals surface area contributed by atoms with E-state index in [4.69, 9.17) is 5.11 Å². The van der Waals surface area contributed by atoms with Gasteiger partial charge in [0, 0.05) is 28.1 Å². The van der Waals surface area contributed by atoms with Gasteiger partial charge in [0.15, 0.2) is 0 Å². The number of aliphatic hydroxyl groups excluding tert-OH is 1. The largest absolute Gasteiger partial charge is 0.466 e. The van der Waals surface area contributed by atoms with E-state index in [0.29, 0.717) is 6.61 Å². The van der Waals surface area contributed by atoms with Crippen molar-refractivity contribution in [3.05, 3.63) is 0 Å². The zero-order valence-corrected chi connectivity index (χ0v) is 12.9. The number of ether oxygens (including phenoxy) is 3. The van der Waals surface area contributed by atoms with Crippen LogP contribution >= 0.6 is 0 Å². The monoisotopic (exact) mass is 280 g/mol. The fourth-order valence-corrected chi connectivity index (χ4v) is 0.598. The zero-order chi connectivity index (χ0) is 15.7. The molecule has 0 saturated heterocycles. The van der Waals surface area contributed by atoms with Crippen molar-refractivity contribution in [3.8, 4) is 0 Å². The molecule has 0 spiro atoms. The van der Waals surface area contributed by atoms with Gasteiger partial charge in [0.25, 0.3) is 0 Å². The van der Waals surface area contributed by atoms with Crippen LogP contribution in [0.25, 0.3) is 0 Å². The maximum absolute atomic E-state index is 10.1. The molecular formula is C13H28O6. The van der Waals surface area contributed by atoms with E-state index in [-0.39, 0.29) is 18.5 Å². The van der Waals surface area contributed by atoms with E-state index in [0.717, 1.165) is 12.8 Å². The Morgan fingerprint density at radius 3 is 1.74 bits per heavy atom. The molecule has 0 radical (unpaired) electrons. The summed E-state index contributed by atoms with van der Waals surface area (Å²) >= 11 is 0. The first kappa shape index (κ1) is 23.0. The fourth-order valence-electron chi connectivity index (χ4n) is 0.598. The van der Waals surface area contributed by atoms with Crippen molar-refractivity contribution >= 4 is 11.9 Å². The lowest BCUT2D eigenvalue weighted by Crippen LogP contribution is -2.12. The molecule has 1 unspecified atom stereocenters. The summed E-state index contributed by atoms with van der Waals surface area (Å²) in [6, 6.07) is 0. The van der Waals surface area contributed by atoms with Crippen molar-refractivity contribution in [2.75, 3.05) is 27.4 Å². The van der Waals surface area contributed by atoms with Crippen LogP contribution in [0.1, 0.15) is 40.5 Å². The number of hydrogen-bond donors (Lipinski definition) is 1. The summed E-state index contributed by atoms with van der Waals surface area (Å²) in [4.78, 5) is 20.1. The van der Waals surface area contributed by atoms with E-state index in [2.05, 4.69) is 21.1 Å². The van der Waals surface area contributed by atoms with Gasteiger partial charge in [-0.15, -0.1) is 0 Å². The first-order chi connectivity index (χ1) is 8.81. The van der Waals surface area contributed by atoms with Gasteiger partial charge in [0.1, 0.15) is 6.61 Å². The summed E-state index contributed by atoms with van der Waals surface area (Å²) in [5.41, 5.74) is 0. The molecule has 0 heterocycles. The van der Waals surface area contributed by atoms with Crippen LogP contribution in [0.4, 0.5) is 0 Å². The predicted molar refractivity (Wildman–Crippen MR) is 72.8 cm³/mol. The van der Waals surface area contributed by atoms with Crippen LogP contribution in [0.5, 0.6) is 0 Å². The van der Waals surface area contributed by atoms with Crippen molar-refractivity contribution in [1.82, 2.24) is 0 Å². The second kappa shape index (κ2) is 19.2. The van der Waals surface area contributed by atoms with Gasteiger partial charge >= 0.3 is 11.9 Å². The lowest BCUT2D eigenvalue weighted by atomic mass is 10.4. The molecule has 6 nitrogen and oxygen atoms in total. The molecule has 0 aliphatic heterocycles. The minimum atomic E-state index is -0.557. The first-order valence-electron chi connectivity index (χ1n) is 6.16. The minimum Gasteiger partial charge on any atom is -0.466 e. The Labute approximate surface area is 116 Å². The number of carbonyl (C=O) groups excluding carboxylic acids is 2. The van der Waals surface area contributed by atoms with Crippen LogP contribution in [-0.2, 0) is 23.8 Å². The topological polar surface area (TPSA) is 82.1 Å². The van der Waals surface area contributed by atoms with Gasteiger partial charge in [0.2, 0.25) is 0 Å². The molecule has 0 aromatic heterocycles. The molecule has 6 heteroatoms. The Morgan fingerprint density at radius 1 is 1.11 bits per heavy atom. The summed E-state index contributed by atoms with van der Waals surface area (Å²) in [6.07, 6.45) is 1.49. The van der Waals surface area contributed by atoms with Crippen molar-refractivity contribution in [3.63, 3.8) is 0 Å². The summed E-state index contributed by atoms with van der Waals surface area (Å²) in [6.45, 7) is 7.02. The molecule has 0 aliphatic rings. The van der Waals surface area contributed by atoms with Crippen LogP contribution < -0.4 is 0 Å². The SMILES string of the molecule is CC(=O)OCC(C)O.CCCCOC(C)=O.COC. The first-order valence-corrected chi connectivity index (χ1v) is 6.16. The normalized spacial score (nSPS) is 10.1. The Bertz CT molecular complexity index is 203. The predicted octanol–water partition coefficient (Wildman–Crippen LogP) is 1.54. The standard InChI is InChI=1S/C6H12O2.C5H10O3.C2H6O/c1-3-4-5-8-6(2)7;1-4(6)3-8-5(2)7;1-3-2/h3-5H2,1-2H3;4,6H,3H2,1-2H3;1-2H3. The third-order valence-corrected chi connectivity index (χ3v) is 1.33. The third-order valence-electron chi connectivity index (χ3n) is 1.33. The quantitative estimate of drug-likeness (QED) is 0.607. The molecular weight excluding hydrogens is 252 g/mol. The maximum atomic E-state index is 10.1. The molecule has 0 bridgehead atoms. The van der Waals surface area contributed by atoms with Gasteiger partial charge < -0.3 is 19.3 Å². The fraction of sp³-hybridized carbons (Fsp3) is 0.846. The van der Waals surface area contributed by atoms with E-state index in [9.17, 15) is 9.59 Å². The van der Waals surface area contributed by atoms with Gasteiger partial charge in [-0.3, -0.25) is 9.59 Å². The molecule has 0 amide bonds. The smallest absolute Gasteiger partial charge is 0.302 e. The van der Waals surface area contributed by atoms with Crippen molar-refractivity contribution in [2.45, 2.75) is 46.6 Å². The summed E-state index contributed by atoms with van der Waals surface area (Å²) < 4.78 is 13.3. The highest BCUT2D eigenvalue weighted by atomic mass is 16.5. The highest BCUT2D eigenvalue weighted by molar-refractivity contribution is 5.66. The zero-order valence-electron chi connectivity index (χ0n) is 12.9. The Morgan fingerprint density at radius 2 is 1.53 bits per heavy atom. The molecule has 1 atom stereocenters. The van der Waals surface area contributed by atoms with E-state index >= 15 is 0 Å². The van der Waals surface area contributed by atoms with Crippen LogP contribution in [0.15, 0.2) is 0 Å². The molecule has 0 rings (SSSR count). The highest BCUT2D eigenvalue weighted by Crippen LogP contribution is 1.86. The van der Waals surface area contributed by atoms with Crippen molar-refractivity contribution < 1.29 is 28.9 Å². The molecule has 19 heavy (non-hydrogen) atoms. The minimum absolute atomic E-state index is 0.0926. The van der Waals surface area contributed by atoms with Crippen molar-refractivity contribution in [2.24, 2.45) is 0 Å². The summed E-state index contributed by atoms with van der Waals surface area (Å²) in [5.74, 6) is -0.538. The average Bonchev–Trinajstić information content (AvgIpc) is 2.28. The van der Waals surface area contributed by atoms with Gasteiger partial charge in [-0.05, 0) is 13.3 Å². The molecule has 0 aromatic rings. The van der Waals surface area contributed by atoms with E-state index in [1.54, 1.807) is 21.1 Å². The highest BCUT2D eigenvalue weighted by Gasteiger charge is 1.96. The number of methoxy groups -OCH3 is 1. The number of rotatable bonds is 5. The van der Waals surface area contributed by atoms with Crippen LogP contribution in [-0.4, -0.2) is 50.6 Å². The third kappa shape index (κ3) is 47.4. The van der Waals surface area contributed by atoms with E-state index in [1.165, 1.54) is 13.8 Å². The van der Waals surface area contributed by atoms with E-state index in [1.807, 2.05) is 0 Å². The molecule has 0 fully saturated rings. The lowest BCUT2D eigenvalue weighted by Gasteiger charge is -2.01. The van der Waals surface area contributed by atoms with Gasteiger partial charge in [0.05, 0.1) is 12.7 Å². The number of carbonyl (C=O) groups is 2. The lowest BCUT2D eigenvalue weighted by molar-refractivity contribution is -0.143. The van der Waals surface area contributed by atoms with Crippen molar-refractivity contribution in [1.29, 1.82) is 0 Å². The number of esters is 2. The van der Waals surface area contributed by atoms with Gasteiger partial charge in [-0.2, -0.15) is 0 Å². The number of hydrogen-bond acceptors (Lipinski definition) is 6. The Balaban J connectivity index is -0.000000224. The molecule has 1 N–H and O–H groups in total. The summed E-state index contributed by atoms with van der Waals surface area (Å²) in [5, 5.41) is 8.52. The maximum Gasteiger partial charge on any atom is 0.302 e. The molecule has 0 aliphatic carbocycles. The van der Waals surface area contributed by atoms with Crippen LogP contribution in [0.2, 0.25) is 0 Å². The van der Waals surface area contributed by atoms with Crippen LogP contribution in [0.3, 0.4) is 0 Å².